The Morgan fingerprint density at radius 2 is 2.24 bits per heavy atom. The molecule has 1 aromatic carbocycles. The molecule has 0 bridgehead atoms. The van der Waals surface area contributed by atoms with Crippen molar-refractivity contribution in [3.63, 3.8) is 0 Å². The Morgan fingerprint density at radius 1 is 1.53 bits per heavy atom. The smallest absolute Gasteiger partial charge is 0.331 e. The van der Waals surface area contributed by atoms with Gasteiger partial charge in [0.25, 0.3) is 0 Å². The van der Waals surface area contributed by atoms with E-state index in [0.717, 1.165) is 12.8 Å². The number of rotatable bonds is 4. The molecule has 1 atom stereocenters. The van der Waals surface area contributed by atoms with Crippen LogP contribution in [0.4, 0.5) is 10.1 Å². The molecule has 1 unspecified atom stereocenters. The maximum Gasteiger partial charge on any atom is 0.331 e. The summed E-state index contributed by atoms with van der Waals surface area (Å²) in [6, 6.07) is 6.11. The van der Waals surface area contributed by atoms with Gasteiger partial charge >= 0.3 is 5.97 Å². The lowest BCUT2D eigenvalue weighted by Gasteiger charge is -2.29. The number of hydrogen-bond acceptors (Lipinski definition) is 3. The number of anilines is 1. The minimum absolute atomic E-state index is 0.262. The Hall–Kier alpha value is -1.58. The van der Waals surface area contributed by atoms with Crippen molar-refractivity contribution in [2.45, 2.75) is 25.3 Å². The Balaban J connectivity index is 2.21. The standard InChI is InChI=1S/C13H16FNO2/c1-13(9-6-7-9,12(16)17-2)15-11-5-3-4-10(14)8-11/h3-5,8-9,15H,6-7H2,1-2H3. The zero-order chi connectivity index (χ0) is 12.5. The minimum Gasteiger partial charge on any atom is -0.467 e. The molecule has 0 heterocycles. The van der Waals surface area contributed by atoms with Gasteiger partial charge in [-0.05, 0) is 43.9 Å². The number of benzene rings is 1. The van der Waals surface area contributed by atoms with Gasteiger partial charge in [-0.1, -0.05) is 6.07 Å². The van der Waals surface area contributed by atoms with Crippen LogP contribution in [0.15, 0.2) is 24.3 Å². The monoisotopic (exact) mass is 237 g/mol. The highest BCUT2D eigenvalue weighted by Crippen LogP contribution is 2.42. The number of ether oxygens (including phenoxy) is 1. The molecule has 17 heavy (non-hydrogen) atoms. The van der Waals surface area contributed by atoms with E-state index in [1.807, 2.05) is 0 Å². The molecule has 0 radical (unpaired) electrons. The van der Waals surface area contributed by atoms with Crippen LogP contribution in [0.2, 0.25) is 0 Å². The van der Waals surface area contributed by atoms with Crippen LogP contribution in [-0.2, 0) is 9.53 Å². The topological polar surface area (TPSA) is 38.3 Å². The second-order valence-electron chi connectivity index (χ2n) is 4.60. The summed E-state index contributed by atoms with van der Waals surface area (Å²) in [7, 11) is 1.37. The van der Waals surface area contributed by atoms with Gasteiger partial charge in [-0.25, -0.2) is 9.18 Å². The summed E-state index contributed by atoms with van der Waals surface area (Å²) in [5, 5.41) is 3.09. The van der Waals surface area contributed by atoms with Crippen LogP contribution in [0.3, 0.4) is 0 Å². The van der Waals surface area contributed by atoms with Crippen molar-refractivity contribution >= 4 is 11.7 Å². The van der Waals surface area contributed by atoms with E-state index in [2.05, 4.69) is 5.32 Å². The number of halogens is 1. The Bertz CT molecular complexity index is 431. The van der Waals surface area contributed by atoms with Gasteiger partial charge in [0.1, 0.15) is 11.4 Å². The van der Waals surface area contributed by atoms with Crippen LogP contribution in [0.1, 0.15) is 19.8 Å². The predicted octanol–water partition coefficient (Wildman–Crippen LogP) is 2.58. The van der Waals surface area contributed by atoms with Crippen molar-refractivity contribution in [1.29, 1.82) is 0 Å². The van der Waals surface area contributed by atoms with Crippen molar-refractivity contribution in [2.75, 3.05) is 12.4 Å². The van der Waals surface area contributed by atoms with Crippen molar-refractivity contribution < 1.29 is 13.9 Å². The predicted molar refractivity (Wildman–Crippen MR) is 63.2 cm³/mol. The highest BCUT2D eigenvalue weighted by molar-refractivity contribution is 5.85. The van der Waals surface area contributed by atoms with Gasteiger partial charge in [-0.2, -0.15) is 0 Å². The first-order valence-corrected chi connectivity index (χ1v) is 5.68. The highest BCUT2D eigenvalue weighted by Gasteiger charge is 2.48. The van der Waals surface area contributed by atoms with Crippen LogP contribution < -0.4 is 5.32 Å². The number of hydrogen-bond donors (Lipinski definition) is 1. The summed E-state index contributed by atoms with van der Waals surface area (Å²) < 4.78 is 17.9. The number of esters is 1. The van der Waals surface area contributed by atoms with E-state index in [4.69, 9.17) is 4.74 Å². The van der Waals surface area contributed by atoms with Gasteiger partial charge in [0, 0.05) is 5.69 Å². The average Bonchev–Trinajstić information content (AvgIpc) is 3.11. The summed E-state index contributed by atoms with van der Waals surface area (Å²) >= 11 is 0. The van der Waals surface area contributed by atoms with Crippen LogP contribution in [-0.4, -0.2) is 18.6 Å². The van der Waals surface area contributed by atoms with E-state index in [1.54, 1.807) is 19.1 Å². The molecular formula is C13H16FNO2. The van der Waals surface area contributed by atoms with Gasteiger partial charge < -0.3 is 10.1 Å². The SMILES string of the molecule is COC(=O)C(C)(Nc1cccc(F)c1)C1CC1. The van der Waals surface area contributed by atoms with Gasteiger partial charge in [0.15, 0.2) is 0 Å². The lowest BCUT2D eigenvalue weighted by molar-refractivity contribution is -0.146. The van der Waals surface area contributed by atoms with E-state index in [0.29, 0.717) is 5.69 Å². The molecule has 3 nitrogen and oxygen atoms in total. The quantitative estimate of drug-likeness (QED) is 0.818. The average molecular weight is 237 g/mol. The molecule has 1 saturated carbocycles. The number of carbonyl (C=O) groups is 1. The molecule has 0 aromatic heterocycles. The molecule has 0 amide bonds. The fourth-order valence-electron chi connectivity index (χ4n) is 2.06. The third kappa shape index (κ3) is 2.40. The number of nitrogens with one attached hydrogen (secondary N) is 1. The maximum atomic E-state index is 13.1. The summed E-state index contributed by atoms with van der Waals surface area (Å²) in [6.07, 6.45) is 1.99. The first kappa shape index (κ1) is 11.9. The third-order valence-electron chi connectivity index (χ3n) is 3.23. The molecule has 92 valence electrons. The molecular weight excluding hydrogens is 221 g/mol. The van der Waals surface area contributed by atoms with Crippen LogP contribution in [0, 0.1) is 11.7 Å². The highest BCUT2D eigenvalue weighted by atomic mass is 19.1. The number of methoxy groups -OCH3 is 1. The first-order chi connectivity index (χ1) is 8.06. The lowest BCUT2D eigenvalue weighted by atomic mass is 9.95. The van der Waals surface area contributed by atoms with E-state index in [1.165, 1.54) is 19.2 Å². The van der Waals surface area contributed by atoms with Gasteiger partial charge in [0.2, 0.25) is 0 Å². The van der Waals surface area contributed by atoms with Gasteiger partial charge in [-0.3, -0.25) is 0 Å². The summed E-state index contributed by atoms with van der Waals surface area (Å²) in [4.78, 5) is 11.8. The normalized spacial score (nSPS) is 18.3. The fourth-order valence-corrected chi connectivity index (χ4v) is 2.06. The molecule has 1 fully saturated rings. The molecule has 1 aliphatic carbocycles. The molecule has 0 spiro atoms. The van der Waals surface area contributed by atoms with Gasteiger partial charge in [0.05, 0.1) is 7.11 Å². The number of carbonyl (C=O) groups excluding carboxylic acids is 1. The second-order valence-corrected chi connectivity index (χ2v) is 4.60. The summed E-state index contributed by atoms with van der Waals surface area (Å²) in [5.41, 5.74) is -0.160. The van der Waals surface area contributed by atoms with Crippen LogP contribution in [0.25, 0.3) is 0 Å². The van der Waals surface area contributed by atoms with Gasteiger partial charge in [-0.15, -0.1) is 0 Å². The van der Waals surface area contributed by atoms with Crippen molar-refractivity contribution in [2.24, 2.45) is 5.92 Å². The van der Waals surface area contributed by atoms with Crippen molar-refractivity contribution in [3.8, 4) is 0 Å². The fraction of sp³-hybridized carbons (Fsp3) is 0.462. The van der Waals surface area contributed by atoms with E-state index in [9.17, 15) is 9.18 Å². The summed E-state index contributed by atoms with van der Waals surface area (Å²) in [6.45, 7) is 1.81. The van der Waals surface area contributed by atoms with E-state index in [-0.39, 0.29) is 17.7 Å². The third-order valence-corrected chi connectivity index (χ3v) is 3.23. The minimum atomic E-state index is -0.761. The zero-order valence-corrected chi connectivity index (χ0v) is 10.00. The van der Waals surface area contributed by atoms with Crippen molar-refractivity contribution in [1.82, 2.24) is 0 Å². The van der Waals surface area contributed by atoms with Crippen molar-refractivity contribution in [3.05, 3.63) is 30.1 Å². The largest absolute Gasteiger partial charge is 0.467 e. The van der Waals surface area contributed by atoms with Crippen LogP contribution >= 0.6 is 0 Å². The molecule has 1 N–H and O–H groups in total. The first-order valence-electron chi connectivity index (χ1n) is 5.68. The van der Waals surface area contributed by atoms with Crippen LogP contribution in [0.5, 0.6) is 0 Å². The Morgan fingerprint density at radius 3 is 2.76 bits per heavy atom. The second kappa shape index (κ2) is 4.35. The molecule has 1 aromatic rings. The lowest BCUT2D eigenvalue weighted by Crippen LogP contribution is -2.46. The maximum absolute atomic E-state index is 13.1. The van der Waals surface area contributed by atoms with E-state index >= 15 is 0 Å². The Labute approximate surface area is 100.0 Å². The molecule has 1 aliphatic rings. The molecule has 2 rings (SSSR count). The molecule has 0 saturated heterocycles. The van der Waals surface area contributed by atoms with E-state index < -0.39 is 5.54 Å². The molecule has 4 heteroatoms. The molecule has 0 aliphatic heterocycles. The zero-order valence-electron chi connectivity index (χ0n) is 10.00. The Kier molecular flexibility index (Phi) is 3.05. The summed E-state index contributed by atoms with van der Waals surface area (Å²) in [5.74, 6) is -0.361.